The summed E-state index contributed by atoms with van der Waals surface area (Å²) >= 11 is 8.06. The predicted molar refractivity (Wildman–Crippen MR) is 162 cm³/mol. The van der Waals surface area contributed by atoms with E-state index in [1.165, 1.54) is 0 Å². The molecule has 41 heavy (non-hydrogen) atoms. The number of rotatable bonds is 10. The van der Waals surface area contributed by atoms with E-state index in [1.807, 2.05) is 39.8 Å². The maximum Gasteiger partial charge on any atom is 0.248 e. The molecular formula is C31H38ClN3O5S. The minimum absolute atomic E-state index is 0.0798. The highest BCUT2D eigenvalue weighted by atomic mass is 35.5. The van der Waals surface area contributed by atoms with Gasteiger partial charge in [-0.15, -0.1) is 11.8 Å². The number of nitrogens with one attached hydrogen (secondary N) is 2. The third kappa shape index (κ3) is 5.32. The number of benzene rings is 2. The van der Waals surface area contributed by atoms with E-state index in [0.29, 0.717) is 41.6 Å². The molecular weight excluding hydrogens is 562 g/mol. The molecule has 3 saturated heterocycles. The molecule has 2 aromatic carbocycles. The molecule has 6 atom stereocenters. The van der Waals surface area contributed by atoms with Crippen LogP contribution >= 0.6 is 23.4 Å². The summed E-state index contributed by atoms with van der Waals surface area (Å²) in [6.45, 7) is 8.11. The van der Waals surface area contributed by atoms with Crippen LogP contribution in [0.3, 0.4) is 0 Å². The fourth-order valence-electron chi connectivity index (χ4n) is 6.91. The van der Waals surface area contributed by atoms with Crippen LogP contribution in [0.4, 0.5) is 11.4 Å². The Kier molecular flexibility index (Phi) is 8.60. The van der Waals surface area contributed by atoms with Crippen LogP contribution in [0.15, 0.2) is 42.5 Å². The second-order valence-electron chi connectivity index (χ2n) is 11.6. The van der Waals surface area contributed by atoms with E-state index in [-0.39, 0.29) is 35.5 Å². The Morgan fingerprint density at radius 3 is 2.54 bits per heavy atom. The zero-order chi connectivity index (χ0) is 29.5. The number of carbonyl (C=O) groups is 3. The van der Waals surface area contributed by atoms with Crippen LogP contribution in [0, 0.1) is 24.7 Å². The Bertz CT molecular complexity index is 1300. The summed E-state index contributed by atoms with van der Waals surface area (Å²) in [4.78, 5) is 43.9. The molecule has 3 N–H and O–H groups in total. The molecule has 1 spiro atoms. The number of halogens is 1. The normalized spacial score (nSPS) is 27.2. The summed E-state index contributed by atoms with van der Waals surface area (Å²) in [6.07, 6.45) is 1.91. The van der Waals surface area contributed by atoms with Crippen LogP contribution in [-0.4, -0.2) is 63.0 Å². The van der Waals surface area contributed by atoms with E-state index >= 15 is 0 Å². The van der Waals surface area contributed by atoms with Gasteiger partial charge in [-0.05, 0) is 74.9 Å². The minimum Gasteiger partial charge on any atom is -0.494 e. The Balaban J connectivity index is 1.49. The van der Waals surface area contributed by atoms with E-state index in [2.05, 4.69) is 10.6 Å². The molecule has 8 nitrogen and oxygen atoms in total. The summed E-state index contributed by atoms with van der Waals surface area (Å²) in [7, 11) is 0. The lowest BCUT2D eigenvalue weighted by atomic mass is 9.70. The molecule has 3 fully saturated rings. The van der Waals surface area contributed by atoms with Crippen LogP contribution in [0.2, 0.25) is 5.02 Å². The first-order valence-corrected chi connectivity index (χ1v) is 15.6. The predicted octanol–water partition coefficient (Wildman–Crippen LogP) is 5.12. The molecule has 2 unspecified atom stereocenters. The van der Waals surface area contributed by atoms with Gasteiger partial charge in [0.25, 0.3) is 0 Å². The third-order valence-electron chi connectivity index (χ3n) is 8.54. The van der Waals surface area contributed by atoms with Crippen molar-refractivity contribution in [1.29, 1.82) is 0 Å². The average Bonchev–Trinajstić information content (AvgIpc) is 3.58. The number of amides is 3. The van der Waals surface area contributed by atoms with Crippen molar-refractivity contribution in [2.45, 2.75) is 69.0 Å². The van der Waals surface area contributed by atoms with Crippen LogP contribution in [0.1, 0.15) is 45.6 Å². The first-order chi connectivity index (χ1) is 19.6. The third-order valence-corrected chi connectivity index (χ3v) is 10.8. The molecule has 0 aliphatic carbocycles. The summed E-state index contributed by atoms with van der Waals surface area (Å²) in [6, 6.07) is 11.2. The molecule has 3 aliphatic rings. The summed E-state index contributed by atoms with van der Waals surface area (Å²) in [5, 5.41) is 16.8. The highest BCUT2D eigenvalue weighted by Gasteiger charge is 2.74. The zero-order valence-corrected chi connectivity index (χ0v) is 25.4. The van der Waals surface area contributed by atoms with Gasteiger partial charge in [0, 0.05) is 10.9 Å². The first-order valence-electron chi connectivity index (χ1n) is 14.3. The second-order valence-corrected chi connectivity index (χ2v) is 13.6. The highest BCUT2D eigenvalue weighted by molar-refractivity contribution is 8.02. The number of aryl methyl sites for hydroxylation is 1. The first kappa shape index (κ1) is 29.7. The van der Waals surface area contributed by atoms with Crippen molar-refractivity contribution in [2.75, 3.05) is 23.8 Å². The molecule has 2 bridgehead atoms. The van der Waals surface area contributed by atoms with Crippen molar-refractivity contribution in [2.24, 2.45) is 17.8 Å². The molecule has 0 saturated carbocycles. The number of likely N-dealkylation sites (tertiary alicyclic amines) is 1. The molecule has 0 radical (unpaired) electrons. The SMILES string of the molecule is CCOc1ccc(NC(=O)[C@@H]2[C@H]3C(=O)N([C@@H](CO)CC(C)C)C(C(=O)Nc4c(C)cccc4Cl)C34CC[C@H]2S4)cc1. The van der Waals surface area contributed by atoms with Gasteiger partial charge in [-0.2, -0.15) is 0 Å². The smallest absolute Gasteiger partial charge is 0.248 e. The quantitative estimate of drug-likeness (QED) is 0.350. The number of fused-ring (bicyclic) bond motifs is 1. The summed E-state index contributed by atoms with van der Waals surface area (Å²) < 4.78 is 4.74. The highest BCUT2D eigenvalue weighted by Crippen LogP contribution is 2.67. The number of anilines is 2. The van der Waals surface area contributed by atoms with Gasteiger partial charge >= 0.3 is 0 Å². The van der Waals surface area contributed by atoms with Crippen molar-refractivity contribution in [3.8, 4) is 5.75 Å². The van der Waals surface area contributed by atoms with Crippen LogP contribution in [-0.2, 0) is 14.4 Å². The van der Waals surface area contributed by atoms with Crippen molar-refractivity contribution < 1.29 is 24.2 Å². The molecule has 0 aromatic heterocycles. The second kappa shape index (κ2) is 11.9. The molecule has 5 rings (SSSR count). The number of nitrogens with zero attached hydrogens (tertiary/aromatic N) is 1. The van der Waals surface area contributed by atoms with Crippen molar-refractivity contribution in [1.82, 2.24) is 4.90 Å². The Morgan fingerprint density at radius 1 is 1.17 bits per heavy atom. The number of para-hydroxylation sites is 1. The fourth-order valence-corrected chi connectivity index (χ4v) is 9.39. The lowest BCUT2D eigenvalue weighted by Gasteiger charge is -2.37. The summed E-state index contributed by atoms with van der Waals surface area (Å²) in [5.41, 5.74) is 1.95. The number of thioether (sulfide) groups is 1. The van der Waals surface area contributed by atoms with Gasteiger partial charge in [0.2, 0.25) is 17.7 Å². The van der Waals surface area contributed by atoms with E-state index in [0.717, 1.165) is 12.0 Å². The Hall–Kier alpha value is -2.75. The number of aliphatic hydroxyl groups is 1. The number of hydrogen-bond donors (Lipinski definition) is 3. The van der Waals surface area contributed by atoms with Crippen molar-refractivity contribution in [3.05, 3.63) is 53.1 Å². The minimum atomic E-state index is -0.843. The molecule has 10 heteroatoms. The molecule has 3 aliphatic heterocycles. The number of ether oxygens (including phenoxy) is 1. The zero-order valence-electron chi connectivity index (χ0n) is 23.9. The van der Waals surface area contributed by atoms with Gasteiger partial charge in [0.05, 0.1) is 46.5 Å². The van der Waals surface area contributed by atoms with Gasteiger partial charge in [-0.3, -0.25) is 14.4 Å². The van der Waals surface area contributed by atoms with E-state index in [1.54, 1.807) is 47.0 Å². The van der Waals surface area contributed by atoms with Crippen LogP contribution in [0.5, 0.6) is 5.75 Å². The van der Waals surface area contributed by atoms with Crippen LogP contribution < -0.4 is 15.4 Å². The van der Waals surface area contributed by atoms with Crippen molar-refractivity contribution in [3.63, 3.8) is 0 Å². The average molecular weight is 600 g/mol. The Labute approximate surface area is 250 Å². The van der Waals surface area contributed by atoms with Gasteiger partial charge in [-0.1, -0.05) is 37.6 Å². The maximum absolute atomic E-state index is 14.3. The fraction of sp³-hybridized carbons (Fsp3) is 0.516. The number of hydrogen-bond acceptors (Lipinski definition) is 6. The van der Waals surface area contributed by atoms with Gasteiger partial charge in [0.1, 0.15) is 11.8 Å². The Morgan fingerprint density at radius 2 is 1.90 bits per heavy atom. The number of aliphatic hydroxyl groups excluding tert-OH is 1. The topological polar surface area (TPSA) is 108 Å². The molecule has 3 heterocycles. The standard InChI is InChI=1S/C31H38ClN3O5S/c1-5-40-21-11-9-19(10-12-21)33-28(37)24-23-13-14-31(41-23)25(24)30(39)35(20(16-36)15-17(2)3)27(31)29(38)34-26-18(4)7-6-8-22(26)32/h6-12,17,20,23-25,27,36H,5,13-16H2,1-4H3,(H,33,37)(H,34,38)/t20-,23-,24+,25+,27?,31?/m1/s1. The summed E-state index contributed by atoms with van der Waals surface area (Å²) in [5.74, 6) is -1.15. The lowest BCUT2D eigenvalue weighted by molar-refractivity contribution is -0.141. The largest absolute Gasteiger partial charge is 0.494 e. The molecule has 3 amide bonds. The monoisotopic (exact) mass is 599 g/mol. The number of carbonyl (C=O) groups excluding carboxylic acids is 3. The van der Waals surface area contributed by atoms with Crippen LogP contribution in [0.25, 0.3) is 0 Å². The van der Waals surface area contributed by atoms with Gasteiger partial charge in [-0.25, -0.2) is 0 Å². The maximum atomic E-state index is 14.3. The molecule has 2 aromatic rings. The lowest BCUT2D eigenvalue weighted by Crippen LogP contribution is -2.55. The van der Waals surface area contributed by atoms with Crippen molar-refractivity contribution >= 4 is 52.5 Å². The van der Waals surface area contributed by atoms with Gasteiger partial charge < -0.3 is 25.4 Å². The van der Waals surface area contributed by atoms with E-state index in [9.17, 15) is 19.5 Å². The van der Waals surface area contributed by atoms with E-state index < -0.39 is 28.7 Å². The van der Waals surface area contributed by atoms with Gasteiger partial charge in [0.15, 0.2) is 0 Å². The molecule has 220 valence electrons. The van der Waals surface area contributed by atoms with E-state index in [4.69, 9.17) is 16.3 Å².